The maximum atomic E-state index is 13.9. The van der Waals surface area contributed by atoms with Gasteiger partial charge in [0.05, 0.1) is 12.2 Å². The average Bonchev–Trinajstić information content (AvgIpc) is 3.40. The van der Waals surface area contributed by atoms with Crippen LogP contribution in [-0.2, 0) is 6.18 Å². The number of piperidine rings is 1. The summed E-state index contributed by atoms with van der Waals surface area (Å²) in [5, 5.41) is 13.7. The molecule has 1 unspecified atom stereocenters. The molecule has 0 spiro atoms. The zero-order valence-electron chi connectivity index (χ0n) is 23.6. The Morgan fingerprint density at radius 3 is 2.36 bits per heavy atom. The fraction of sp³-hybridized carbons (Fsp3) is 0.467. The molecule has 1 aromatic heterocycles. The molecule has 2 aliphatic heterocycles. The lowest BCUT2D eigenvalue weighted by Gasteiger charge is -2.37. The van der Waals surface area contributed by atoms with Gasteiger partial charge >= 0.3 is 12.1 Å². The summed E-state index contributed by atoms with van der Waals surface area (Å²) >= 11 is 6.40. The van der Waals surface area contributed by atoms with Crippen molar-refractivity contribution in [1.29, 1.82) is 0 Å². The number of benzene rings is 2. The van der Waals surface area contributed by atoms with E-state index in [-0.39, 0.29) is 19.0 Å². The topological polar surface area (TPSA) is 64.8 Å². The number of piperazine rings is 1. The molecule has 0 saturated carbocycles. The molecule has 3 aromatic rings. The van der Waals surface area contributed by atoms with E-state index in [9.17, 15) is 23.1 Å². The first-order valence-corrected chi connectivity index (χ1v) is 14.4. The van der Waals surface area contributed by atoms with Crippen molar-refractivity contribution in [3.05, 3.63) is 64.9 Å². The SMILES string of the molecule is CC(C)CN1CCN(c2ccc(-c3ccc(Cl)cc3N3CCCC(n4ncc(C(=O)O)c4C(F)(F)F)C3)cc2)CC1.Cl. The molecular formula is C30H36Cl2F3N5O2. The monoisotopic (exact) mass is 625 g/mol. The van der Waals surface area contributed by atoms with E-state index in [0.29, 0.717) is 30.3 Å². The summed E-state index contributed by atoms with van der Waals surface area (Å²) in [4.78, 5) is 18.4. The first-order valence-electron chi connectivity index (χ1n) is 14.0. The van der Waals surface area contributed by atoms with E-state index in [1.54, 1.807) is 0 Å². The van der Waals surface area contributed by atoms with Crippen molar-refractivity contribution < 1.29 is 23.1 Å². The van der Waals surface area contributed by atoms with E-state index < -0.39 is 29.4 Å². The summed E-state index contributed by atoms with van der Waals surface area (Å²) in [6.45, 7) is 10.5. The molecule has 5 rings (SSSR count). The van der Waals surface area contributed by atoms with Crippen LogP contribution in [0.4, 0.5) is 24.5 Å². The Kier molecular flexibility index (Phi) is 10.0. The zero-order chi connectivity index (χ0) is 29.3. The van der Waals surface area contributed by atoms with Gasteiger partial charge in [-0.25, -0.2) is 4.79 Å². The summed E-state index contributed by atoms with van der Waals surface area (Å²) in [5.41, 5.74) is 1.87. The Labute approximate surface area is 255 Å². The smallest absolute Gasteiger partial charge is 0.433 e. The van der Waals surface area contributed by atoms with Gasteiger partial charge < -0.3 is 14.9 Å². The standard InChI is InChI=1S/C30H35ClF3N5O2.ClH/c1-20(2)18-36-12-14-37(15-13-36)23-8-5-21(6-9-23)25-10-7-22(31)16-27(25)38-11-3-4-24(19-38)39-28(30(32,33)34)26(17-35-39)29(40)41;/h5-10,16-17,20,24H,3-4,11-15,18-19H2,1-2H3,(H,40,41);1H. The Bertz CT molecular complexity index is 1370. The lowest BCUT2D eigenvalue weighted by molar-refractivity contribution is -0.145. The normalized spacial score (nSPS) is 18.3. The number of rotatable bonds is 7. The quantitative estimate of drug-likeness (QED) is 0.306. The number of carboxylic acid groups (broad SMARTS) is 1. The maximum absolute atomic E-state index is 13.9. The second-order valence-electron chi connectivity index (χ2n) is 11.3. The van der Waals surface area contributed by atoms with E-state index in [2.05, 4.69) is 53.0 Å². The molecule has 12 heteroatoms. The number of nitrogens with zero attached hydrogens (tertiary/aromatic N) is 5. The van der Waals surface area contributed by atoms with Crippen molar-refractivity contribution in [2.24, 2.45) is 5.92 Å². The molecule has 0 aliphatic carbocycles. The number of halogens is 5. The largest absolute Gasteiger partial charge is 0.478 e. The van der Waals surface area contributed by atoms with Crippen LogP contribution >= 0.6 is 24.0 Å². The zero-order valence-corrected chi connectivity index (χ0v) is 25.2. The minimum atomic E-state index is -4.84. The van der Waals surface area contributed by atoms with Crippen molar-refractivity contribution in [3.8, 4) is 11.1 Å². The van der Waals surface area contributed by atoms with Crippen LogP contribution in [0.3, 0.4) is 0 Å². The second-order valence-corrected chi connectivity index (χ2v) is 11.7. The highest BCUT2D eigenvalue weighted by atomic mass is 35.5. The third-order valence-corrected chi connectivity index (χ3v) is 8.11. The predicted molar refractivity (Wildman–Crippen MR) is 162 cm³/mol. The van der Waals surface area contributed by atoms with Crippen molar-refractivity contribution in [2.45, 2.75) is 38.9 Å². The number of alkyl halides is 3. The summed E-state index contributed by atoms with van der Waals surface area (Å²) in [6, 6.07) is 13.4. The molecule has 0 amide bonds. The van der Waals surface area contributed by atoms with E-state index in [1.807, 2.05) is 23.1 Å². The molecule has 1 N–H and O–H groups in total. The maximum Gasteiger partial charge on any atom is 0.433 e. The number of hydrogen-bond donors (Lipinski definition) is 1. The third-order valence-electron chi connectivity index (χ3n) is 7.88. The first-order chi connectivity index (χ1) is 19.5. The molecule has 0 radical (unpaired) electrons. The van der Waals surface area contributed by atoms with Gasteiger partial charge in [-0.3, -0.25) is 9.58 Å². The fourth-order valence-corrected chi connectivity index (χ4v) is 6.19. The van der Waals surface area contributed by atoms with Crippen molar-refractivity contribution in [1.82, 2.24) is 14.7 Å². The van der Waals surface area contributed by atoms with Crippen molar-refractivity contribution in [3.63, 3.8) is 0 Å². The molecular weight excluding hydrogens is 590 g/mol. The highest BCUT2D eigenvalue weighted by Gasteiger charge is 2.42. The van der Waals surface area contributed by atoms with Crippen LogP contribution in [0, 0.1) is 5.92 Å². The summed E-state index contributed by atoms with van der Waals surface area (Å²) in [6.07, 6.45) is -2.97. The molecule has 42 heavy (non-hydrogen) atoms. The number of carbonyl (C=O) groups is 1. The van der Waals surface area contributed by atoms with Gasteiger partial charge in [0.15, 0.2) is 5.69 Å². The van der Waals surface area contributed by atoms with Gasteiger partial charge in [0.1, 0.15) is 5.56 Å². The number of anilines is 2. The second kappa shape index (κ2) is 13.1. The Morgan fingerprint density at radius 1 is 1.05 bits per heavy atom. The Morgan fingerprint density at radius 2 is 1.74 bits per heavy atom. The number of aromatic carboxylic acids is 1. The van der Waals surface area contributed by atoms with Gasteiger partial charge in [-0.2, -0.15) is 18.3 Å². The van der Waals surface area contributed by atoms with Crippen LogP contribution in [0.2, 0.25) is 5.02 Å². The third kappa shape index (κ3) is 6.98. The predicted octanol–water partition coefficient (Wildman–Crippen LogP) is 6.96. The fourth-order valence-electron chi connectivity index (χ4n) is 6.02. The molecule has 2 aliphatic rings. The minimum Gasteiger partial charge on any atom is -0.478 e. The molecule has 228 valence electrons. The van der Waals surface area contributed by atoms with Gasteiger partial charge in [0, 0.05) is 67.8 Å². The molecule has 2 aromatic carbocycles. The van der Waals surface area contributed by atoms with E-state index in [1.165, 1.54) is 5.69 Å². The van der Waals surface area contributed by atoms with Gasteiger partial charge in [0.2, 0.25) is 0 Å². The average molecular weight is 627 g/mol. The Balaban J connectivity index is 0.00000405. The summed E-state index contributed by atoms with van der Waals surface area (Å²) < 4.78 is 42.5. The van der Waals surface area contributed by atoms with E-state index in [0.717, 1.165) is 60.4 Å². The van der Waals surface area contributed by atoms with Gasteiger partial charge in [-0.15, -0.1) is 12.4 Å². The van der Waals surface area contributed by atoms with E-state index >= 15 is 0 Å². The van der Waals surface area contributed by atoms with Crippen LogP contribution in [0.15, 0.2) is 48.7 Å². The lowest BCUT2D eigenvalue weighted by Crippen LogP contribution is -2.47. The van der Waals surface area contributed by atoms with Crippen LogP contribution < -0.4 is 9.80 Å². The molecule has 2 fully saturated rings. The molecule has 2 saturated heterocycles. The molecule has 7 nitrogen and oxygen atoms in total. The van der Waals surface area contributed by atoms with Crippen LogP contribution in [0.25, 0.3) is 11.1 Å². The van der Waals surface area contributed by atoms with Gasteiger partial charge in [-0.1, -0.05) is 43.6 Å². The first kappa shape index (κ1) is 32.0. The Hall–Kier alpha value is -2.95. The van der Waals surface area contributed by atoms with Gasteiger partial charge in [-0.05, 0) is 48.6 Å². The van der Waals surface area contributed by atoms with Crippen molar-refractivity contribution in [2.75, 3.05) is 55.6 Å². The highest BCUT2D eigenvalue weighted by Crippen LogP contribution is 2.39. The highest BCUT2D eigenvalue weighted by molar-refractivity contribution is 6.31. The summed E-state index contributed by atoms with van der Waals surface area (Å²) in [5.74, 6) is -0.993. The molecule has 1 atom stereocenters. The number of carboxylic acids is 1. The van der Waals surface area contributed by atoms with Crippen LogP contribution in [0.1, 0.15) is 48.8 Å². The van der Waals surface area contributed by atoms with Crippen molar-refractivity contribution >= 4 is 41.4 Å². The summed E-state index contributed by atoms with van der Waals surface area (Å²) in [7, 11) is 0. The van der Waals surface area contributed by atoms with Crippen LogP contribution in [-0.4, -0.2) is 71.6 Å². The number of aromatic nitrogens is 2. The minimum absolute atomic E-state index is 0. The van der Waals surface area contributed by atoms with Crippen LogP contribution in [0.5, 0.6) is 0 Å². The number of hydrogen-bond acceptors (Lipinski definition) is 5. The van der Waals surface area contributed by atoms with Gasteiger partial charge in [0.25, 0.3) is 0 Å². The lowest BCUT2D eigenvalue weighted by atomic mass is 9.99. The molecule has 0 bridgehead atoms. The molecule has 3 heterocycles. The van der Waals surface area contributed by atoms with E-state index in [4.69, 9.17) is 11.6 Å².